The van der Waals surface area contributed by atoms with Crippen LogP contribution in [0, 0.1) is 0 Å². The first-order valence-electron chi connectivity index (χ1n) is 7.52. The molecule has 0 saturated carbocycles. The molecule has 4 rings (SSSR count). The zero-order valence-electron chi connectivity index (χ0n) is 12.6. The monoisotopic (exact) mass is 349 g/mol. The molecule has 0 aromatic carbocycles. The van der Waals surface area contributed by atoms with Crippen molar-refractivity contribution in [3.8, 4) is 0 Å². The van der Waals surface area contributed by atoms with E-state index in [4.69, 9.17) is 11.6 Å². The lowest BCUT2D eigenvalue weighted by molar-refractivity contribution is 0.195. The molecule has 0 spiro atoms. The summed E-state index contributed by atoms with van der Waals surface area (Å²) in [6.07, 6.45) is 1.66. The van der Waals surface area contributed by atoms with Gasteiger partial charge in [-0.3, -0.25) is 4.90 Å². The predicted octanol–water partition coefficient (Wildman–Crippen LogP) is 2.71. The SMILES string of the molecule is CC1C2CN(c3nccc(Cl)n3)CCN2C(=O)N1c1cccs1. The second-order valence-electron chi connectivity index (χ2n) is 5.73. The molecule has 2 fully saturated rings. The third kappa shape index (κ3) is 2.44. The number of halogens is 1. The lowest BCUT2D eigenvalue weighted by Gasteiger charge is -2.37. The van der Waals surface area contributed by atoms with E-state index in [0.29, 0.717) is 24.2 Å². The fraction of sp³-hybridized carbons (Fsp3) is 0.400. The van der Waals surface area contributed by atoms with E-state index < -0.39 is 0 Å². The van der Waals surface area contributed by atoms with Crippen molar-refractivity contribution in [2.75, 3.05) is 29.4 Å². The number of hydrogen-bond acceptors (Lipinski definition) is 5. The highest BCUT2D eigenvalue weighted by Gasteiger charge is 2.47. The van der Waals surface area contributed by atoms with Crippen LogP contribution in [-0.4, -0.2) is 52.6 Å². The number of carbonyl (C=O) groups excluding carboxylic acids is 1. The molecule has 8 heteroatoms. The Balaban J connectivity index is 1.59. The molecule has 2 atom stereocenters. The van der Waals surface area contributed by atoms with Crippen molar-refractivity contribution in [1.29, 1.82) is 0 Å². The molecule has 0 N–H and O–H groups in total. The summed E-state index contributed by atoms with van der Waals surface area (Å²) in [7, 11) is 0. The van der Waals surface area contributed by atoms with Gasteiger partial charge in [-0.1, -0.05) is 11.6 Å². The van der Waals surface area contributed by atoms with Gasteiger partial charge >= 0.3 is 6.03 Å². The Morgan fingerprint density at radius 1 is 1.35 bits per heavy atom. The number of fused-ring (bicyclic) bond motifs is 1. The standard InChI is InChI=1S/C15H16ClN5OS/c1-10-11-9-19(14-17-5-4-12(16)18-14)6-7-20(11)15(22)21(10)13-3-2-8-23-13/h2-5,8,10-11H,6-7,9H2,1H3. The summed E-state index contributed by atoms with van der Waals surface area (Å²) in [5, 5.41) is 3.44. The molecule has 2 amide bonds. The van der Waals surface area contributed by atoms with Gasteiger partial charge in [-0.2, -0.15) is 0 Å². The minimum Gasteiger partial charge on any atom is -0.337 e. The minimum atomic E-state index is 0.0941. The van der Waals surface area contributed by atoms with Gasteiger partial charge in [0, 0.05) is 25.8 Å². The normalized spacial score (nSPS) is 24.3. The third-order valence-corrected chi connectivity index (χ3v) is 5.55. The molecular formula is C15H16ClN5OS. The lowest BCUT2D eigenvalue weighted by Crippen LogP contribution is -2.54. The van der Waals surface area contributed by atoms with Crippen LogP contribution in [0.1, 0.15) is 6.92 Å². The summed E-state index contributed by atoms with van der Waals surface area (Å²) in [4.78, 5) is 27.3. The molecule has 4 heterocycles. The second-order valence-corrected chi connectivity index (χ2v) is 7.04. The van der Waals surface area contributed by atoms with Gasteiger partial charge in [0.05, 0.1) is 17.1 Å². The largest absolute Gasteiger partial charge is 0.337 e. The number of hydrogen-bond donors (Lipinski definition) is 0. The summed E-state index contributed by atoms with van der Waals surface area (Å²) >= 11 is 7.56. The average molecular weight is 350 g/mol. The van der Waals surface area contributed by atoms with E-state index in [9.17, 15) is 4.79 Å². The molecule has 2 unspecified atom stereocenters. The first kappa shape index (κ1) is 14.7. The first-order chi connectivity index (χ1) is 11.1. The van der Waals surface area contributed by atoms with Gasteiger partial charge in [-0.25, -0.2) is 14.8 Å². The fourth-order valence-electron chi connectivity index (χ4n) is 3.31. The maximum atomic E-state index is 12.7. The highest BCUT2D eigenvalue weighted by Crippen LogP contribution is 2.34. The van der Waals surface area contributed by atoms with Gasteiger partial charge in [0.25, 0.3) is 0 Å². The topological polar surface area (TPSA) is 52.6 Å². The third-order valence-electron chi connectivity index (χ3n) is 4.47. The van der Waals surface area contributed by atoms with Crippen molar-refractivity contribution in [3.05, 3.63) is 34.9 Å². The van der Waals surface area contributed by atoms with Crippen molar-refractivity contribution in [1.82, 2.24) is 14.9 Å². The molecule has 0 radical (unpaired) electrons. The van der Waals surface area contributed by atoms with Gasteiger partial charge in [-0.15, -0.1) is 11.3 Å². The van der Waals surface area contributed by atoms with E-state index >= 15 is 0 Å². The van der Waals surface area contributed by atoms with Gasteiger partial charge in [0.1, 0.15) is 5.15 Å². The Morgan fingerprint density at radius 3 is 2.96 bits per heavy atom. The zero-order valence-corrected chi connectivity index (χ0v) is 14.2. The second kappa shape index (κ2) is 5.65. The van der Waals surface area contributed by atoms with Crippen LogP contribution >= 0.6 is 22.9 Å². The molecule has 2 aliphatic heterocycles. The quantitative estimate of drug-likeness (QED) is 0.782. The van der Waals surface area contributed by atoms with Crippen LogP contribution in [0.5, 0.6) is 0 Å². The number of aromatic nitrogens is 2. The van der Waals surface area contributed by atoms with Crippen molar-refractivity contribution in [2.24, 2.45) is 0 Å². The number of anilines is 2. The number of thiophene rings is 1. The highest BCUT2D eigenvalue weighted by atomic mass is 35.5. The van der Waals surface area contributed by atoms with E-state index in [1.165, 1.54) is 0 Å². The van der Waals surface area contributed by atoms with Gasteiger partial charge in [0.15, 0.2) is 0 Å². The summed E-state index contributed by atoms with van der Waals surface area (Å²) in [5.74, 6) is 0.631. The van der Waals surface area contributed by atoms with E-state index in [1.54, 1.807) is 23.6 Å². The number of piperazine rings is 1. The fourth-order valence-corrected chi connectivity index (χ4v) is 4.25. The number of urea groups is 1. The Kier molecular flexibility index (Phi) is 3.61. The summed E-state index contributed by atoms with van der Waals surface area (Å²) in [5.41, 5.74) is 0. The Labute approximate surface area is 143 Å². The van der Waals surface area contributed by atoms with Crippen LogP contribution in [0.25, 0.3) is 0 Å². The van der Waals surface area contributed by atoms with Gasteiger partial charge < -0.3 is 9.80 Å². The van der Waals surface area contributed by atoms with Gasteiger partial charge in [0.2, 0.25) is 5.95 Å². The number of nitrogens with zero attached hydrogens (tertiary/aromatic N) is 5. The Hall–Kier alpha value is -1.86. The average Bonchev–Trinajstić information content (AvgIpc) is 3.15. The van der Waals surface area contributed by atoms with E-state index in [0.717, 1.165) is 11.5 Å². The van der Waals surface area contributed by atoms with Gasteiger partial charge in [-0.05, 0) is 30.5 Å². The van der Waals surface area contributed by atoms with Crippen molar-refractivity contribution in [2.45, 2.75) is 19.0 Å². The minimum absolute atomic E-state index is 0.0941. The van der Waals surface area contributed by atoms with Crippen LogP contribution < -0.4 is 9.80 Å². The molecular weight excluding hydrogens is 334 g/mol. The van der Waals surface area contributed by atoms with E-state index in [2.05, 4.69) is 21.8 Å². The zero-order chi connectivity index (χ0) is 16.0. The molecule has 120 valence electrons. The summed E-state index contributed by atoms with van der Waals surface area (Å²) < 4.78 is 0. The lowest BCUT2D eigenvalue weighted by atomic mass is 10.1. The molecule has 0 aliphatic carbocycles. The maximum absolute atomic E-state index is 12.7. The summed E-state index contributed by atoms with van der Waals surface area (Å²) in [6.45, 7) is 4.21. The van der Waals surface area contributed by atoms with Crippen molar-refractivity contribution >= 4 is 39.9 Å². The van der Waals surface area contributed by atoms with Crippen LogP contribution in [0.15, 0.2) is 29.8 Å². The number of rotatable bonds is 2. The van der Waals surface area contributed by atoms with Crippen molar-refractivity contribution < 1.29 is 4.79 Å². The van der Waals surface area contributed by atoms with E-state index in [-0.39, 0.29) is 18.1 Å². The van der Waals surface area contributed by atoms with Crippen LogP contribution in [-0.2, 0) is 0 Å². The molecule has 2 aliphatic rings. The molecule has 6 nitrogen and oxygen atoms in total. The number of amides is 2. The maximum Gasteiger partial charge on any atom is 0.325 e. The Bertz CT molecular complexity index is 724. The smallest absolute Gasteiger partial charge is 0.325 e. The highest BCUT2D eigenvalue weighted by molar-refractivity contribution is 7.14. The molecule has 2 saturated heterocycles. The predicted molar refractivity (Wildman–Crippen MR) is 91.4 cm³/mol. The molecule has 0 bridgehead atoms. The first-order valence-corrected chi connectivity index (χ1v) is 8.78. The summed E-state index contributed by atoms with van der Waals surface area (Å²) in [6, 6.07) is 5.97. The van der Waals surface area contributed by atoms with Crippen molar-refractivity contribution in [3.63, 3.8) is 0 Å². The van der Waals surface area contributed by atoms with Crippen LogP contribution in [0.3, 0.4) is 0 Å². The van der Waals surface area contributed by atoms with Crippen LogP contribution in [0.2, 0.25) is 5.15 Å². The molecule has 2 aromatic heterocycles. The number of carbonyl (C=O) groups is 1. The Morgan fingerprint density at radius 2 is 2.22 bits per heavy atom. The van der Waals surface area contributed by atoms with E-state index in [1.807, 2.05) is 27.3 Å². The molecule has 2 aromatic rings. The molecule has 23 heavy (non-hydrogen) atoms. The van der Waals surface area contributed by atoms with Crippen LogP contribution in [0.4, 0.5) is 15.7 Å².